The molecule has 0 aliphatic rings. The summed E-state index contributed by atoms with van der Waals surface area (Å²) >= 11 is 0. The van der Waals surface area contributed by atoms with E-state index in [0.29, 0.717) is 24.4 Å². The fourth-order valence-corrected chi connectivity index (χ4v) is 1.20. The van der Waals surface area contributed by atoms with E-state index in [4.69, 9.17) is 15.3 Å². The van der Waals surface area contributed by atoms with E-state index in [-0.39, 0.29) is 12.3 Å². The molecule has 0 bridgehead atoms. The number of non-ortho nitro benzene ring substituents is 1. The van der Waals surface area contributed by atoms with Crippen LogP contribution in [0.15, 0.2) is 29.4 Å². The molecule has 0 aliphatic carbocycles. The first kappa shape index (κ1) is 13.9. The summed E-state index contributed by atoms with van der Waals surface area (Å²) in [5.41, 5.74) is 6.22. The lowest BCUT2D eigenvalue weighted by Gasteiger charge is -2.02. The van der Waals surface area contributed by atoms with Gasteiger partial charge in [-0.1, -0.05) is 17.3 Å². The fourth-order valence-electron chi connectivity index (χ4n) is 1.20. The Hall–Kier alpha value is -2.15. The van der Waals surface area contributed by atoms with E-state index in [2.05, 4.69) is 5.16 Å². The maximum absolute atomic E-state index is 10.6. The number of nitrogens with zero attached hydrogens (tertiary/aromatic N) is 2. The van der Waals surface area contributed by atoms with E-state index < -0.39 is 4.92 Å². The van der Waals surface area contributed by atoms with Crippen molar-refractivity contribution < 1.29 is 14.5 Å². The highest BCUT2D eigenvalue weighted by atomic mass is 16.6. The lowest BCUT2D eigenvalue weighted by atomic mass is 10.2. The van der Waals surface area contributed by atoms with Gasteiger partial charge in [-0.15, -0.1) is 0 Å². The zero-order valence-electron chi connectivity index (χ0n) is 10.0. The molecular formula is C11H15N3O4. The van der Waals surface area contributed by atoms with Crippen LogP contribution in [-0.4, -0.2) is 24.5 Å². The lowest BCUT2D eigenvalue weighted by molar-refractivity contribution is -0.384. The van der Waals surface area contributed by atoms with Crippen molar-refractivity contribution in [1.29, 1.82) is 0 Å². The van der Waals surface area contributed by atoms with E-state index in [0.717, 1.165) is 0 Å². The highest BCUT2D eigenvalue weighted by Gasteiger charge is 2.05. The van der Waals surface area contributed by atoms with Gasteiger partial charge in [-0.3, -0.25) is 10.1 Å². The minimum Gasteiger partial charge on any atom is -0.390 e. The third-order valence-corrected chi connectivity index (χ3v) is 2.10. The van der Waals surface area contributed by atoms with E-state index in [9.17, 15) is 10.1 Å². The molecule has 0 atom stereocenters. The van der Waals surface area contributed by atoms with Gasteiger partial charge in [0.15, 0.2) is 0 Å². The second-order valence-electron chi connectivity index (χ2n) is 3.53. The molecule has 1 rings (SSSR count). The van der Waals surface area contributed by atoms with E-state index >= 15 is 0 Å². The van der Waals surface area contributed by atoms with Crippen LogP contribution in [0.1, 0.15) is 12.0 Å². The molecule has 0 radical (unpaired) electrons. The number of nitrogens with two attached hydrogens (primary N) is 1. The molecule has 0 saturated heterocycles. The zero-order chi connectivity index (χ0) is 13.4. The number of amidine groups is 1. The Labute approximate surface area is 104 Å². The van der Waals surface area contributed by atoms with Gasteiger partial charge in [-0.2, -0.15) is 0 Å². The number of ether oxygens (including phenoxy) is 1. The summed E-state index contributed by atoms with van der Waals surface area (Å²) < 4.78 is 4.83. The highest BCUT2D eigenvalue weighted by molar-refractivity contribution is 5.79. The second-order valence-corrected chi connectivity index (χ2v) is 3.53. The van der Waals surface area contributed by atoms with Gasteiger partial charge in [-0.25, -0.2) is 0 Å². The highest BCUT2D eigenvalue weighted by Crippen LogP contribution is 2.13. The van der Waals surface area contributed by atoms with E-state index in [1.54, 1.807) is 19.2 Å². The summed E-state index contributed by atoms with van der Waals surface area (Å²) in [5.74, 6) is 0.322. The number of hydrogen-bond acceptors (Lipinski definition) is 5. The van der Waals surface area contributed by atoms with Gasteiger partial charge in [0.25, 0.3) is 5.69 Å². The second kappa shape index (κ2) is 7.23. The summed E-state index contributed by atoms with van der Waals surface area (Å²) in [6.07, 6.45) is 0.478. The average Bonchev–Trinajstić information content (AvgIpc) is 2.36. The van der Waals surface area contributed by atoms with Crippen LogP contribution in [-0.2, 0) is 16.2 Å². The van der Waals surface area contributed by atoms with Crippen molar-refractivity contribution in [3.63, 3.8) is 0 Å². The molecule has 7 heteroatoms. The molecular weight excluding hydrogens is 238 g/mol. The van der Waals surface area contributed by atoms with Crippen molar-refractivity contribution in [1.82, 2.24) is 0 Å². The SMILES string of the molecule is COCC/C(N)=N/OCc1cccc([N+](=O)[O-])c1. The molecule has 2 N–H and O–H groups in total. The number of methoxy groups -OCH3 is 1. The molecule has 0 amide bonds. The van der Waals surface area contributed by atoms with Gasteiger partial charge in [0.2, 0.25) is 0 Å². The van der Waals surface area contributed by atoms with Gasteiger partial charge in [0.1, 0.15) is 12.4 Å². The smallest absolute Gasteiger partial charge is 0.269 e. The van der Waals surface area contributed by atoms with Crippen molar-refractivity contribution in [3.05, 3.63) is 39.9 Å². The minimum absolute atomic E-state index is 0.0208. The molecule has 1 aromatic rings. The summed E-state index contributed by atoms with van der Waals surface area (Å²) in [7, 11) is 1.57. The van der Waals surface area contributed by atoms with Gasteiger partial charge in [0.05, 0.1) is 11.5 Å². The van der Waals surface area contributed by atoms with Crippen LogP contribution in [0.2, 0.25) is 0 Å². The van der Waals surface area contributed by atoms with E-state index in [1.165, 1.54) is 12.1 Å². The molecule has 0 saturated carbocycles. The summed E-state index contributed by atoms with van der Waals surface area (Å²) in [4.78, 5) is 15.1. The number of hydrogen-bond donors (Lipinski definition) is 1. The van der Waals surface area contributed by atoms with Crippen molar-refractivity contribution in [2.24, 2.45) is 10.9 Å². The Balaban J connectivity index is 2.48. The van der Waals surface area contributed by atoms with Crippen LogP contribution in [0, 0.1) is 10.1 Å². The van der Waals surface area contributed by atoms with Gasteiger partial charge in [-0.05, 0) is 5.56 Å². The van der Waals surface area contributed by atoms with Crippen molar-refractivity contribution in [2.45, 2.75) is 13.0 Å². The first-order valence-electron chi connectivity index (χ1n) is 5.30. The topological polar surface area (TPSA) is 100.0 Å². The maximum Gasteiger partial charge on any atom is 0.269 e. The average molecular weight is 253 g/mol. The predicted octanol–water partition coefficient (Wildman–Crippen LogP) is 1.42. The van der Waals surface area contributed by atoms with Crippen molar-refractivity contribution >= 4 is 11.5 Å². The van der Waals surface area contributed by atoms with Crippen LogP contribution in [0.5, 0.6) is 0 Å². The fraction of sp³-hybridized carbons (Fsp3) is 0.364. The van der Waals surface area contributed by atoms with Crippen LogP contribution in [0.3, 0.4) is 0 Å². The normalized spacial score (nSPS) is 11.3. The van der Waals surface area contributed by atoms with Crippen LogP contribution in [0.4, 0.5) is 5.69 Å². The largest absolute Gasteiger partial charge is 0.390 e. The molecule has 98 valence electrons. The van der Waals surface area contributed by atoms with Gasteiger partial charge >= 0.3 is 0 Å². The summed E-state index contributed by atoms with van der Waals surface area (Å²) in [6.45, 7) is 0.602. The maximum atomic E-state index is 10.6. The molecule has 0 heterocycles. The Bertz CT molecular complexity index is 434. The van der Waals surface area contributed by atoms with Crippen molar-refractivity contribution in [2.75, 3.05) is 13.7 Å². The monoisotopic (exact) mass is 253 g/mol. The quantitative estimate of drug-likeness (QED) is 0.343. The molecule has 1 aromatic carbocycles. The summed E-state index contributed by atoms with van der Waals surface area (Å²) in [6, 6.07) is 6.16. The lowest BCUT2D eigenvalue weighted by Crippen LogP contribution is -2.14. The minimum atomic E-state index is -0.459. The molecule has 18 heavy (non-hydrogen) atoms. The number of nitro benzene ring substituents is 1. The Morgan fingerprint density at radius 3 is 3.00 bits per heavy atom. The molecule has 0 aliphatic heterocycles. The predicted molar refractivity (Wildman–Crippen MR) is 66.0 cm³/mol. The molecule has 0 fully saturated rings. The number of oxime groups is 1. The molecule has 0 spiro atoms. The third kappa shape index (κ3) is 4.79. The zero-order valence-corrected chi connectivity index (χ0v) is 10.0. The van der Waals surface area contributed by atoms with E-state index in [1.807, 2.05) is 0 Å². The third-order valence-electron chi connectivity index (χ3n) is 2.10. The Morgan fingerprint density at radius 2 is 2.33 bits per heavy atom. The number of benzene rings is 1. The molecule has 7 nitrogen and oxygen atoms in total. The van der Waals surface area contributed by atoms with Crippen LogP contribution >= 0.6 is 0 Å². The molecule has 0 unspecified atom stereocenters. The standard InChI is InChI=1S/C11H15N3O4/c1-17-6-5-11(12)13-18-8-9-3-2-4-10(7-9)14(15)16/h2-4,7H,5-6,8H2,1H3,(H2,12,13). The van der Waals surface area contributed by atoms with Gasteiger partial charge < -0.3 is 15.3 Å². The van der Waals surface area contributed by atoms with Gasteiger partial charge in [0, 0.05) is 25.7 Å². The summed E-state index contributed by atoms with van der Waals surface area (Å²) in [5, 5.41) is 14.2. The number of rotatable bonds is 7. The molecule has 0 aromatic heterocycles. The first-order chi connectivity index (χ1) is 8.63. The first-order valence-corrected chi connectivity index (χ1v) is 5.30. The number of nitro groups is 1. The van der Waals surface area contributed by atoms with Crippen LogP contribution < -0.4 is 5.73 Å². The van der Waals surface area contributed by atoms with Crippen LogP contribution in [0.25, 0.3) is 0 Å². The van der Waals surface area contributed by atoms with Crippen molar-refractivity contribution in [3.8, 4) is 0 Å². The Morgan fingerprint density at radius 1 is 1.56 bits per heavy atom. The Kier molecular flexibility index (Phi) is 5.59.